The molecule has 4 aromatic rings. The normalized spacial score (nSPS) is 11.6. The SMILES string of the molecule is CCc1ccc2nc(N(Cc3ccccc3)C(=O)c3ccccc3S(=O)(=O)CC)sc2c1. The molecular formula is C25H24N2O3S2. The number of sulfone groups is 1. The maximum atomic E-state index is 13.8. The molecule has 1 amide bonds. The molecule has 1 heterocycles. The molecule has 1 aromatic heterocycles. The highest BCUT2D eigenvalue weighted by atomic mass is 32.2. The van der Waals surface area contributed by atoms with Gasteiger partial charge in [0.2, 0.25) is 0 Å². The number of nitrogens with zero attached hydrogens (tertiary/aromatic N) is 2. The molecule has 0 spiro atoms. The van der Waals surface area contributed by atoms with Crippen molar-refractivity contribution in [2.75, 3.05) is 10.7 Å². The van der Waals surface area contributed by atoms with Gasteiger partial charge in [-0.2, -0.15) is 0 Å². The third kappa shape index (κ3) is 4.45. The number of carbonyl (C=O) groups excluding carboxylic acids is 1. The topological polar surface area (TPSA) is 67.3 Å². The van der Waals surface area contributed by atoms with Crippen molar-refractivity contribution in [1.29, 1.82) is 0 Å². The second-order valence-corrected chi connectivity index (χ2v) is 10.7. The van der Waals surface area contributed by atoms with E-state index in [1.807, 2.05) is 42.5 Å². The largest absolute Gasteiger partial charge is 0.279 e. The van der Waals surface area contributed by atoms with Gasteiger partial charge in [0.25, 0.3) is 5.91 Å². The van der Waals surface area contributed by atoms with E-state index in [9.17, 15) is 13.2 Å². The van der Waals surface area contributed by atoms with E-state index in [0.717, 1.165) is 22.2 Å². The summed E-state index contributed by atoms with van der Waals surface area (Å²) < 4.78 is 26.3. The first-order chi connectivity index (χ1) is 15.4. The molecule has 32 heavy (non-hydrogen) atoms. The van der Waals surface area contributed by atoms with Crippen LogP contribution < -0.4 is 4.90 Å². The summed E-state index contributed by atoms with van der Waals surface area (Å²) in [7, 11) is -3.56. The molecule has 5 nitrogen and oxygen atoms in total. The highest BCUT2D eigenvalue weighted by Crippen LogP contribution is 2.32. The molecule has 0 bridgehead atoms. The number of fused-ring (bicyclic) bond motifs is 1. The maximum absolute atomic E-state index is 13.8. The number of amides is 1. The summed E-state index contributed by atoms with van der Waals surface area (Å²) in [4.78, 5) is 20.1. The van der Waals surface area contributed by atoms with Crippen molar-refractivity contribution in [2.24, 2.45) is 0 Å². The molecule has 0 unspecified atom stereocenters. The van der Waals surface area contributed by atoms with Crippen LogP contribution in [0.5, 0.6) is 0 Å². The van der Waals surface area contributed by atoms with Gasteiger partial charge in [-0.05, 0) is 41.8 Å². The fourth-order valence-corrected chi connectivity index (χ4v) is 5.61. The van der Waals surface area contributed by atoms with Gasteiger partial charge in [-0.25, -0.2) is 13.4 Å². The molecule has 4 rings (SSSR count). The van der Waals surface area contributed by atoms with Gasteiger partial charge < -0.3 is 0 Å². The molecule has 0 N–H and O–H groups in total. The Balaban J connectivity index is 1.83. The van der Waals surface area contributed by atoms with Gasteiger partial charge in [-0.3, -0.25) is 9.69 Å². The van der Waals surface area contributed by atoms with Gasteiger partial charge in [0, 0.05) is 0 Å². The fourth-order valence-electron chi connectivity index (χ4n) is 3.50. The van der Waals surface area contributed by atoms with Crippen LogP contribution in [0, 0.1) is 0 Å². The van der Waals surface area contributed by atoms with Crippen LogP contribution in [-0.2, 0) is 22.8 Å². The first-order valence-electron chi connectivity index (χ1n) is 10.5. The van der Waals surface area contributed by atoms with Crippen LogP contribution in [0.3, 0.4) is 0 Å². The van der Waals surface area contributed by atoms with E-state index in [4.69, 9.17) is 4.98 Å². The lowest BCUT2D eigenvalue weighted by Crippen LogP contribution is -2.31. The summed E-state index contributed by atoms with van der Waals surface area (Å²) in [6, 6.07) is 22.1. The predicted octanol–water partition coefficient (Wildman–Crippen LogP) is 5.50. The van der Waals surface area contributed by atoms with E-state index in [2.05, 4.69) is 13.0 Å². The summed E-state index contributed by atoms with van der Waals surface area (Å²) in [5.41, 5.74) is 3.12. The van der Waals surface area contributed by atoms with Crippen LogP contribution in [0.15, 0.2) is 77.7 Å². The molecule has 3 aromatic carbocycles. The zero-order chi connectivity index (χ0) is 22.7. The van der Waals surface area contributed by atoms with Gasteiger partial charge in [0.1, 0.15) is 0 Å². The van der Waals surface area contributed by atoms with E-state index in [-0.39, 0.29) is 22.1 Å². The average molecular weight is 465 g/mol. The molecule has 0 saturated carbocycles. The Hall–Kier alpha value is -3.03. The Kier molecular flexibility index (Phi) is 6.39. The standard InChI is InChI=1S/C25H24N2O3S2/c1-3-18-14-15-21-22(16-18)31-25(26-21)27(17-19-10-6-5-7-11-19)24(28)20-12-8-9-13-23(20)32(29,30)4-2/h5-16H,3-4,17H2,1-2H3. The quantitative estimate of drug-likeness (QED) is 0.362. The van der Waals surface area contributed by atoms with Gasteiger partial charge in [-0.15, -0.1) is 0 Å². The minimum Gasteiger partial charge on any atom is -0.279 e. The van der Waals surface area contributed by atoms with Crippen LogP contribution in [0.1, 0.15) is 35.3 Å². The van der Waals surface area contributed by atoms with Crippen LogP contribution in [0.25, 0.3) is 10.2 Å². The Morgan fingerprint density at radius 3 is 2.38 bits per heavy atom. The van der Waals surface area contributed by atoms with Crippen molar-refractivity contribution in [3.8, 4) is 0 Å². The molecule has 0 atom stereocenters. The molecule has 7 heteroatoms. The number of hydrogen-bond acceptors (Lipinski definition) is 5. The lowest BCUT2D eigenvalue weighted by atomic mass is 10.1. The van der Waals surface area contributed by atoms with Crippen molar-refractivity contribution in [3.05, 3.63) is 89.5 Å². The average Bonchev–Trinajstić information content (AvgIpc) is 3.25. The van der Waals surface area contributed by atoms with E-state index >= 15 is 0 Å². The number of benzene rings is 3. The summed E-state index contributed by atoms with van der Waals surface area (Å²) in [5, 5.41) is 0.547. The van der Waals surface area contributed by atoms with Crippen LogP contribution in [0.4, 0.5) is 5.13 Å². The first kappa shape index (κ1) is 22.2. The second-order valence-electron chi connectivity index (χ2n) is 7.43. The van der Waals surface area contributed by atoms with E-state index in [1.54, 1.807) is 30.0 Å². The highest BCUT2D eigenvalue weighted by molar-refractivity contribution is 7.91. The first-order valence-corrected chi connectivity index (χ1v) is 13.0. The maximum Gasteiger partial charge on any atom is 0.261 e. The molecule has 0 aliphatic carbocycles. The highest BCUT2D eigenvalue weighted by Gasteiger charge is 2.27. The molecule has 0 radical (unpaired) electrons. The Morgan fingerprint density at radius 1 is 0.938 bits per heavy atom. The smallest absolute Gasteiger partial charge is 0.261 e. The molecular weight excluding hydrogens is 440 g/mol. The number of hydrogen-bond donors (Lipinski definition) is 0. The van der Waals surface area contributed by atoms with Crippen molar-refractivity contribution in [1.82, 2.24) is 4.98 Å². The minimum atomic E-state index is -3.56. The second kappa shape index (κ2) is 9.22. The van der Waals surface area contributed by atoms with E-state index in [1.165, 1.54) is 23.0 Å². The number of thiazole rings is 1. The predicted molar refractivity (Wildman–Crippen MR) is 130 cm³/mol. The number of aryl methyl sites for hydroxylation is 1. The third-order valence-corrected chi connectivity index (χ3v) is 8.17. The van der Waals surface area contributed by atoms with Crippen LogP contribution >= 0.6 is 11.3 Å². The number of aromatic nitrogens is 1. The Bertz CT molecular complexity index is 1360. The number of carbonyl (C=O) groups is 1. The minimum absolute atomic E-state index is 0.0555. The van der Waals surface area contributed by atoms with Gasteiger partial charge >= 0.3 is 0 Å². The lowest BCUT2D eigenvalue weighted by Gasteiger charge is -2.21. The number of anilines is 1. The van der Waals surface area contributed by atoms with Crippen molar-refractivity contribution in [2.45, 2.75) is 31.7 Å². The fraction of sp³-hybridized carbons (Fsp3) is 0.200. The molecule has 0 fully saturated rings. The zero-order valence-electron chi connectivity index (χ0n) is 18.0. The Morgan fingerprint density at radius 2 is 1.66 bits per heavy atom. The van der Waals surface area contributed by atoms with Gasteiger partial charge in [-0.1, -0.05) is 73.7 Å². The van der Waals surface area contributed by atoms with Crippen molar-refractivity contribution in [3.63, 3.8) is 0 Å². The lowest BCUT2D eigenvalue weighted by molar-refractivity contribution is 0.0982. The molecule has 0 aliphatic heterocycles. The molecule has 0 saturated heterocycles. The molecule has 0 aliphatic rings. The third-order valence-electron chi connectivity index (χ3n) is 5.34. The van der Waals surface area contributed by atoms with E-state index in [0.29, 0.717) is 11.7 Å². The number of rotatable bonds is 7. The van der Waals surface area contributed by atoms with Crippen LogP contribution in [-0.4, -0.2) is 25.1 Å². The summed E-state index contributed by atoms with van der Waals surface area (Å²) in [6.45, 7) is 3.97. The van der Waals surface area contributed by atoms with Gasteiger partial charge in [0.05, 0.1) is 33.0 Å². The van der Waals surface area contributed by atoms with Crippen molar-refractivity contribution >= 4 is 42.4 Å². The van der Waals surface area contributed by atoms with Crippen molar-refractivity contribution < 1.29 is 13.2 Å². The van der Waals surface area contributed by atoms with Crippen LogP contribution in [0.2, 0.25) is 0 Å². The molecule has 164 valence electrons. The van der Waals surface area contributed by atoms with E-state index < -0.39 is 9.84 Å². The van der Waals surface area contributed by atoms with Gasteiger partial charge in [0.15, 0.2) is 15.0 Å². The summed E-state index contributed by atoms with van der Waals surface area (Å²) in [5.74, 6) is -0.451. The Labute approximate surface area is 192 Å². The summed E-state index contributed by atoms with van der Waals surface area (Å²) >= 11 is 1.44. The summed E-state index contributed by atoms with van der Waals surface area (Å²) in [6.07, 6.45) is 0.915. The monoisotopic (exact) mass is 464 g/mol. The zero-order valence-corrected chi connectivity index (χ0v) is 19.6.